The van der Waals surface area contributed by atoms with Crippen LogP contribution in [0, 0.1) is 12.7 Å². The van der Waals surface area contributed by atoms with E-state index in [4.69, 9.17) is 5.73 Å². The van der Waals surface area contributed by atoms with Crippen molar-refractivity contribution >= 4 is 16.5 Å². The number of nitrogens with two attached hydrogens (primary N) is 1. The molecule has 0 atom stereocenters. The molecule has 0 radical (unpaired) electrons. The van der Waals surface area contributed by atoms with Gasteiger partial charge in [-0.25, -0.2) is 9.37 Å². The van der Waals surface area contributed by atoms with Gasteiger partial charge in [0.2, 0.25) is 0 Å². The molecule has 1 aliphatic carbocycles. The number of nitrogen functional groups attached to an aromatic ring is 1. The zero-order chi connectivity index (χ0) is 12.7. The smallest absolute Gasteiger partial charge is 0.180 e. The summed E-state index contributed by atoms with van der Waals surface area (Å²) in [6, 6.07) is 5.23. The molecule has 4 heteroatoms. The first-order chi connectivity index (χ1) is 8.63. The van der Waals surface area contributed by atoms with Crippen LogP contribution in [0.15, 0.2) is 18.2 Å². The van der Waals surface area contributed by atoms with E-state index in [1.54, 1.807) is 6.07 Å². The normalized spacial score (nSPS) is 15.0. The van der Waals surface area contributed by atoms with E-state index in [1.165, 1.54) is 30.2 Å². The summed E-state index contributed by atoms with van der Waals surface area (Å²) in [4.78, 5) is 5.52. The number of thiazole rings is 1. The van der Waals surface area contributed by atoms with Gasteiger partial charge in [0.15, 0.2) is 5.13 Å². The van der Waals surface area contributed by atoms with Crippen molar-refractivity contribution in [1.29, 1.82) is 0 Å². The van der Waals surface area contributed by atoms with Gasteiger partial charge in [-0.1, -0.05) is 17.7 Å². The van der Waals surface area contributed by atoms with Crippen LogP contribution in [0.4, 0.5) is 9.52 Å². The van der Waals surface area contributed by atoms with E-state index in [0.29, 0.717) is 17.5 Å². The molecule has 0 aliphatic heterocycles. The topological polar surface area (TPSA) is 38.9 Å². The van der Waals surface area contributed by atoms with Gasteiger partial charge in [-0.15, -0.1) is 11.3 Å². The third kappa shape index (κ3) is 2.25. The van der Waals surface area contributed by atoms with Crippen molar-refractivity contribution in [2.75, 3.05) is 5.73 Å². The molecular formula is C14H15FN2S. The second-order valence-corrected chi connectivity index (χ2v) is 6.02. The minimum atomic E-state index is -0.144. The van der Waals surface area contributed by atoms with Crippen molar-refractivity contribution in [3.05, 3.63) is 45.7 Å². The molecule has 0 saturated heterocycles. The van der Waals surface area contributed by atoms with E-state index in [9.17, 15) is 4.39 Å². The maximum Gasteiger partial charge on any atom is 0.180 e. The molecule has 0 bridgehead atoms. The molecule has 3 rings (SSSR count). The molecule has 1 aliphatic rings. The fourth-order valence-corrected chi connectivity index (χ4v) is 3.14. The van der Waals surface area contributed by atoms with Gasteiger partial charge in [-0.3, -0.25) is 0 Å². The molecule has 2 aromatic rings. The van der Waals surface area contributed by atoms with Crippen LogP contribution in [-0.2, 0) is 6.42 Å². The van der Waals surface area contributed by atoms with Crippen molar-refractivity contribution in [2.24, 2.45) is 0 Å². The third-order valence-electron chi connectivity index (χ3n) is 3.26. The number of aromatic nitrogens is 1. The SMILES string of the molecule is Cc1ccc(F)c(Cc2sc(N)nc2C2CC2)c1. The highest BCUT2D eigenvalue weighted by atomic mass is 32.1. The molecule has 1 fully saturated rings. The zero-order valence-electron chi connectivity index (χ0n) is 10.2. The molecule has 18 heavy (non-hydrogen) atoms. The van der Waals surface area contributed by atoms with Gasteiger partial charge in [-0.05, 0) is 31.4 Å². The molecule has 1 saturated carbocycles. The largest absolute Gasteiger partial charge is 0.375 e. The van der Waals surface area contributed by atoms with Crippen LogP contribution in [0.25, 0.3) is 0 Å². The second kappa shape index (κ2) is 4.35. The summed E-state index contributed by atoms with van der Waals surface area (Å²) in [6.07, 6.45) is 2.98. The molecule has 2 nitrogen and oxygen atoms in total. The Labute approximate surface area is 110 Å². The van der Waals surface area contributed by atoms with Gasteiger partial charge < -0.3 is 5.73 Å². The average Bonchev–Trinajstić information content (AvgIpc) is 3.09. The molecular weight excluding hydrogens is 247 g/mol. The Hall–Kier alpha value is -1.42. The maximum absolute atomic E-state index is 13.8. The Balaban J connectivity index is 1.94. The molecule has 94 valence electrons. The first kappa shape index (κ1) is 11.7. The van der Waals surface area contributed by atoms with Crippen LogP contribution >= 0.6 is 11.3 Å². The number of benzene rings is 1. The first-order valence-electron chi connectivity index (χ1n) is 6.13. The van der Waals surface area contributed by atoms with Crippen molar-refractivity contribution < 1.29 is 4.39 Å². The predicted octanol–water partition coefficient (Wildman–Crippen LogP) is 3.64. The minimum absolute atomic E-state index is 0.144. The Morgan fingerprint density at radius 1 is 1.44 bits per heavy atom. The van der Waals surface area contributed by atoms with Crippen LogP contribution in [0.1, 0.15) is 40.5 Å². The van der Waals surface area contributed by atoms with Crippen LogP contribution in [0.5, 0.6) is 0 Å². The number of rotatable bonds is 3. The molecule has 1 aromatic carbocycles. The highest BCUT2D eigenvalue weighted by molar-refractivity contribution is 7.15. The van der Waals surface area contributed by atoms with E-state index in [0.717, 1.165) is 21.7 Å². The lowest BCUT2D eigenvalue weighted by atomic mass is 10.1. The van der Waals surface area contributed by atoms with E-state index in [2.05, 4.69) is 4.98 Å². The number of nitrogens with zero attached hydrogens (tertiary/aromatic N) is 1. The van der Waals surface area contributed by atoms with E-state index in [1.807, 2.05) is 13.0 Å². The summed E-state index contributed by atoms with van der Waals surface area (Å²) in [5, 5.41) is 0.597. The summed E-state index contributed by atoms with van der Waals surface area (Å²) in [6.45, 7) is 1.98. The van der Waals surface area contributed by atoms with Gasteiger partial charge in [0.05, 0.1) is 5.69 Å². The van der Waals surface area contributed by atoms with Gasteiger partial charge in [0.25, 0.3) is 0 Å². The lowest BCUT2D eigenvalue weighted by Gasteiger charge is -2.04. The summed E-state index contributed by atoms with van der Waals surface area (Å²) in [5.74, 6) is 0.413. The molecule has 2 N–H and O–H groups in total. The fourth-order valence-electron chi connectivity index (χ4n) is 2.20. The molecule has 1 aromatic heterocycles. The average molecular weight is 262 g/mol. The Morgan fingerprint density at radius 3 is 2.94 bits per heavy atom. The lowest BCUT2D eigenvalue weighted by Crippen LogP contribution is -1.95. The Morgan fingerprint density at radius 2 is 2.22 bits per heavy atom. The third-order valence-corrected chi connectivity index (χ3v) is 4.16. The zero-order valence-corrected chi connectivity index (χ0v) is 11.1. The van der Waals surface area contributed by atoms with Crippen molar-refractivity contribution in [1.82, 2.24) is 4.98 Å². The molecule has 0 spiro atoms. The van der Waals surface area contributed by atoms with E-state index >= 15 is 0 Å². The van der Waals surface area contributed by atoms with Crippen LogP contribution < -0.4 is 5.73 Å². The number of hydrogen-bond acceptors (Lipinski definition) is 3. The number of anilines is 1. The lowest BCUT2D eigenvalue weighted by molar-refractivity contribution is 0.613. The summed E-state index contributed by atoms with van der Waals surface area (Å²) in [7, 11) is 0. The van der Waals surface area contributed by atoms with Crippen molar-refractivity contribution in [3.8, 4) is 0 Å². The number of hydrogen-bond donors (Lipinski definition) is 1. The monoisotopic (exact) mass is 262 g/mol. The first-order valence-corrected chi connectivity index (χ1v) is 6.95. The summed E-state index contributed by atoms with van der Waals surface area (Å²) < 4.78 is 13.8. The van der Waals surface area contributed by atoms with Gasteiger partial charge in [0.1, 0.15) is 5.82 Å². The second-order valence-electron chi connectivity index (χ2n) is 4.91. The highest BCUT2D eigenvalue weighted by Gasteiger charge is 2.29. The van der Waals surface area contributed by atoms with E-state index < -0.39 is 0 Å². The van der Waals surface area contributed by atoms with Crippen molar-refractivity contribution in [3.63, 3.8) is 0 Å². The quantitative estimate of drug-likeness (QED) is 0.917. The van der Waals surface area contributed by atoms with Crippen LogP contribution in [-0.4, -0.2) is 4.98 Å². The Bertz CT molecular complexity index is 587. The standard InChI is InChI=1S/C14H15FN2S/c1-8-2-5-11(15)10(6-8)7-12-13(9-3-4-9)17-14(16)18-12/h2,5-6,9H,3-4,7H2,1H3,(H2,16,17). The number of halogens is 1. The van der Waals surface area contributed by atoms with Gasteiger partial charge in [0, 0.05) is 17.2 Å². The molecule has 0 unspecified atom stereocenters. The van der Waals surface area contributed by atoms with Crippen LogP contribution in [0.2, 0.25) is 0 Å². The number of aryl methyl sites for hydroxylation is 1. The summed E-state index contributed by atoms with van der Waals surface area (Å²) >= 11 is 1.49. The highest BCUT2D eigenvalue weighted by Crippen LogP contribution is 2.43. The van der Waals surface area contributed by atoms with Gasteiger partial charge >= 0.3 is 0 Å². The fraction of sp³-hybridized carbons (Fsp3) is 0.357. The minimum Gasteiger partial charge on any atom is -0.375 e. The van der Waals surface area contributed by atoms with Gasteiger partial charge in [-0.2, -0.15) is 0 Å². The van der Waals surface area contributed by atoms with Crippen LogP contribution in [0.3, 0.4) is 0 Å². The Kier molecular flexibility index (Phi) is 2.82. The summed E-state index contributed by atoms with van der Waals surface area (Å²) in [5.41, 5.74) is 8.69. The molecule has 1 heterocycles. The maximum atomic E-state index is 13.8. The van der Waals surface area contributed by atoms with E-state index in [-0.39, 0.29) is 5.82 Å². The van der Waals surface area contributed by atoms with Crippen molar-refractivity contribution in [2.45, 2.75) is 32.1 Å². The molecule has 0 amide bonds. The predicted molar refractivity (Wildman–Crippen MR) is 72.4 cm³/mol.